The van der Waals surface area contributed by atoms with Gasteiger partial charge >= 0.3 is 6.09 Å². The second-order valence-corrected chi connectivity index (χ2v) is 12.2. The van der Waals surface area contributed by atoms with Gasteiger partial charge in [-0.05, 0) is 72.2 Å². The minimum absolute atomic E-state index is 0.0284. The summed E-state index contributed by atoms with van der Waals surface area (Å²) in [7, 11) is 0. The zero-order valence-electron chi connectivity index (χ0n) is 25.9. The Morgan fingerprint density at radius 1 is 0.761 bits per heavy atom. The summed E-state index contributed by atoms with van der Waals surface area (Å²) in [6.07, 6.45) is 2.58. The van der Waals surface area contributed by atoms with Gasteiger partial charge in [0.25, 0.3) is 0 Å². The third-order valence-corrected chi connectivity index (χ3v) is 9.10. The Balaban J connectivity index is 1.12. The zero-order valence-corrected chi connectivity index (χ0v) is 25.9. The highest BCUT2D eigenvalue weighted by molar-refractivity contribution is 5.96. The number of fused-ring (bicyclic) bond motifs is 1. The molecule has 0 aliphatic carbocycles. The van der Waals surface area contributed by atoms with Crippen molar-refractivity contribution in [1.82, 2.24) is 9.80 Å². The Morgan fingerprint density at radius 2 is 1.41 bits per heavy atom. The van der Waals surface area contributed by atoms with E-state index in [1.807, 2.05) is 65.6 Å². The minimum atomic E-state index is -0.394. The summed E-state index contributed by atoms with van der Waals surface area (Å²) >= 11 is 0. The maximum absolute atomic E-state index is 14.6. The number of benzene rings is 4. The van der Waals surface area contributed by atoms with E-state index in [2.05, 4.69) is 4.90 Å². The van der Waals surface area contributed by atoms with Crippen LogP contribution in [0.15, 0.2) is 103 Å². The Kier molecular flexibility index (Phi) is 10.0. The van der Waals surface area contributed by atoms with Crippen molar-refractivity contribution in [3.05, 3.63) is 137 Å². The summed E-state index contributed by atoms with van der Waals surface area (Å²) in [6, 6.07) is 30.6. The lowest BCUT2D eigenvalue weighted by atomic mass is 9.87. The van der Waals surface area contributed by atoms with Gasteiger partial charge in [0.05, 0.1) is 12.2 Å². The van der Waals surface area contributed by atoms with Crippen LogP contribution in [0.5, 0.6) is 0 Å². The second-order valence-electron chi connectivity index (χ2n) is 12.2. The lowest BCUT2D eigenvalue weighted by Crippen LogP contribution is -2.49. The molecule has 8 heteroatoms. The van der Waals surface area contributed by atoms with Gasteiger partial charge < -0.3 is 14.5 Å². The molecule has 0 spiro atoms. The number of carbonyl (C=O) groups excluding carboxylic acids is 2. The van der Waals surface area contributed by atoms with Crippen LogP contribution >= 0.6 is 0 Å². The molecular formula is C38H39F2N3O3. The number of piperidine rings is 1. The SMILES string of the molecule is O=C(CN1CCC(N(Cc2ccccc2)C(=O)OCc2ccccc2)CC1)N1CCCC(c2ccc(F)cc2)c2ccc(F)cc21. The predicted molar refractivity (Wildman–Crippen MR) is 174 cm³/mol. The summed E-state index contributed by atoms with van der Waals surface area (Å²) in [5, 5.41) is 0. The average molecular weight is 624 g/mol. The molecule has 0 N–H and O–H groups in total. The molecule has 2 amide bonds. The Hall–Kier alpha value is -4.56. The summed E-state index contributed by atoms with van der Waals surface area (Å²) in [5.74, 6) is -0.824. The van der Waals surface area contributed by atoms with E-state index in [1.54, 1.807) is 23.1 Å². The lowest BCUT2D eigenvalue weighted by molar-refractivity contribution is -0.120. The van der Waals surface area contributed by atoms with Crippen molar-refractivity contribution in [2.45, 2.75) is 50.8 Å². The summed E-state index contributed by atoms with van der Waals surface area (Å²) in [4.78, 5) is 32.8. The molecule has 1 unspecified atom stereocenters. The van der Waals surface area contributed by atoms with Gasteiger partial charge in [-0.3, -0.25) is 9.69 Å². The van der Waals surface area contributed by atoms with E-state index in [4.69, 9.17) is 4.74 Å². The summed E-state index contributed by atoms with van der Waals surface area (Å²) in [6.45, 7) is 2.65. The molecule has 1 atom stereocenters. The van der Waals surface area contributed by atoms with Crippen molar-refractivity contribution < 1.29 is 23.1 Å². The van der Waals surface area contributed by atoms with Crippen LogP contribution in [0.3, 0.4) is 0 Å². The number of nitrogens with zero attached hydrogens (tertiary/aromatic N) is 3. The fourth-order valence-corrected chi connectivity index (χ4v) is 6.67. The van der Waals surface area contributed by atoms with Gasteiger partial charge in [0, 0.05) is 38.1 Å². The number of amides is 2. The number of hydrogen-bond donors (Lipinski definition) is 0. The fourth-order valence-electron chi connectivity index (χ4n) is 6.67. The monoisotopic (exact) mass is 623 g/mol. The number of likely N-dealkylation sites (tertiary alicyclic amines) is 1. The molecule has 6 rings (SSSR count). The minimum Gasteiger partial charge on any atom is -0.445 e. The first-order chi connectivity index (χ1) is 22.4. The van der Waals surface area contributed by atoms with Gasteiger partial charge in [-0.15, -0.1) is 0 Å². The standard InChI is InChI=1S/C38H39F2N3O3/c39-31-15-13-30(14-16-31)34-12-7-21-42(36-24-32(40)17-18-35(34)36)37(44)26-41-22-19-33(20-23-41)43(25-28-8-3-1-4-9-28)38(45)46-27-29-10-5-2-6-11-29/h1-6,8-11,13-18,24,33-34H,7,12,19-23,25-27H2. The summed E-state index contributed by atoms with van der Waals surface area (Å²) < 4.78 is 34.0. The first-order valence-electron chi connectivity index (χ1n) is 16.0. The molecule has 0 saturated carbocycles. The van der Waals surface area contributed by atoms with E-state index < -0.39 is 5.82 Å². The highest BCUT2D eigenvalue weighted by Crippen LogP contribution is 2.39. The molecular weight excluding hydrogens is 584 g/mol. The van der Waals surface area contributed by atoms with Crippen molar-refractivity contribution in [3.63, 3.8) is 0 Å². The maximum atomic E-state index is 14.6. The average Bonchev–Trinajstić information content (AvgIpc) is 3.27. The molecule has 238 valence electrons. The van der Waals surface area contributed by atoms with Crippen molar-refractivity contribution in [1.29, 1.82) is 0 Å². The Labute approximate surface area is 269 Å². The predicted octanol–water partition coefficient (Wildman–Crippen LogP) is 7.53. The van der Waals surface area contributed by atoms with Gasteiger partial charge in [0.2, 0.25) is 5.91 Å². The molecule has 2 aliphatic heterocycles. The third kappa shape index (κ3) is 7.62. The quantitative estimate of drug-likeness (QED) is 0.204. The van der Waals surface area contributed by atoms with Crippen LogP contribution < -0.4 is 4.90 Å². The lowest BCUT2D eigenvalue weighted by Gasteiger charge is -2.38. The van der Waals surface area contributed by atoms with E-state index in [9.17, 15) is 18.4 Å². The second kappa shape index (κ2) is 14.7. The third-order valence-electron chi connectivity index (χ3n) is 9.10. The zero-order chi connectivity index (χ0) is 31.9. The van der Waals surface area contributed by atoms with E-state index in [0.717, 1.165) is 35.1 Å². The molecule has 1 fully saturated rings. The number of rotatable bonds is 8. The molecule has 4 aromatic carbocycles. The van der Waals surface area contributed by atoms with E-state index >= 15 is 0 Å². The van der Waals surface area contributed by atoms with Crippen molar-refractivity contribution in [2.75, 3.05) is 31.1 Å². The van der Waals surface area contributed by atoms with Crippen LogP contribution in [-0.2, 0) is 22.7 Å². The van der Waals surface area contributed by atoms with Crippen molar-refractivity contribution in [3.8, 4) is 0 Å². The molecule has 0 radical (unpaired) electrons. The Bertz CT molecular complexity index is 1610. The summed E-state index contributed by atoms with van der Waals surface area (Å²) in [5.41, 5.74) is 4.38. The van der Waals surface area contributed by atoms with E-state index in [1.165, 1.54) is 24.3 Å². The number of hydrogen-bond acceptors (Lipinski definition) is 4. The van der Waals surface area contributed by atoms with Crippen molar-refractivity contribution in [2.24, 2.45) is 0 Å². The smallest absolute Gasteiger partial charge is 0.410 e. The molecule has 1 saturated heterocycles. The van der Waals surface area contributed by atoms with Gasteiger partial charge in [-0.2, -0.15) is 0 Å². The molecule has 0 bridgehead atoms. The normalized spacial score (nSPS) is 17.2. The molecule has 2 heterocycles. The van der Waals surface area contributed by atoms with Gasteiger partial charge in [-0.25, -0.2) is 13.6 Å². The van der Waals surface area contributed by atoms with Gasteiger partial charge in [0.1, 0.15) is 18.2 Å². The Morgan fingerprint density at radius 3 is 2.11 bits per heavy atom. The molecule has 0 aromatic heterocycles. The molecule has 46 heavy (non-hydrogen) atoms. The highest BCUT2D eigenvalue weighted by atomic mass is 19.1. The molecule has 4 aromatic rings. The number of carbonyl (C=O) groups is 2. The topological polar surface area (TPSA) is 53.1 Å². The van der Waals surface area contributed by atoms with E-state index in [0.29, 0.717) is 44.7 Å². The van der Waals surface area contributed by atoms with Crippen LogP contribution in [-0.4, -0.2) is 54.0 Å². The van der Waals surface area contributed by atoms with E-state index in [-0.39, 0.29) is 42.9 Å². The number of anilines is 1. The molecule has 6 nitrogen and oxygen atoms in total. The van der Waals surface area contributed by atoms with Crippen molar-refractivity contribution >= 4 is 17.7 Å². The first-order valence-corrected chi connectivity index (χ1v) is 16.0. The van der Waals surface area contributed by atoms with Gasteiger partial charge in [-0.1, -0.05) is 78.9 Å². The number of halogens is 2. The maximum Gasteiger partial charge on any atom is 0.410 e. The highest BCUT2D eigenvalue weighted by Gasteiger charge is 2.32. The first kappa shape index (κ1) is 31.4. The molecule has 2 aliphatic rings. The van der Waals surface area contributed by atoms with Gasteiger partial charge in [0.15, 0.2) is 0 Å². The van der Waals surface area contributed by atoms with Crippen LogP contribution in [0.2, 0.25) is 0 Å². The van der Waals surface area contributed by atoms with Crippen LogP contribution in [0.1, 0.15) is 53.9 Å². The largest absolute Gasteiger partial charge is 0.445 e. The van der Waals surface area contributed by atoms with Crippen LogP contribution in [0, 0.1) is 11.6 Å². The van der Waals surface area contributed by atoms with Crippen LogP contribution in [0.25, 0.3) is 0 Å². The van der Waals surface area contributed by atoms with Crippen LogP contribution in [0.4, 0.5) is 19.3 Å². The number of ether oxygens (including phenoxy) is 1. The fraction of sp³-hybridized carbons (Fsp3) is 0.316.